The standard InChI is InChI=1S/C11H11N5O/c1-16-10-7(6-13-16)3-2-4-8(10)11-14-9(5-12)17-15-11/h2-4,6H,5,12H2,1H3. The van der Waals surface area contributed by atoms with Crippen molar-refractivity contribution >= 4 is 10.9 Å². The number of hydrogen-bond donors (Lipinski definition) is 1. The summed E-state index contributed by atoms with van der Waals surface area (Å²) in [5, 5.41) is 9.18. The van der Waals surface area contributed by atoms with Gasteiger partial charge in [-0.2, -0.15) is 10.1 Å². The van der Waals surface area contributed by atoms with E-state index in [-0.39, 0.29) is 6.54 Å². The minimum atomic E-state index is 0.244. The molecule has 0 aliphatic carbocycles. The first-order valence-electron chi connectivity index (χ1n) is 5.23. The number of nitrogens with zero attached hydrogens (tertiary/aromatic N) is 4. The molecule has 2 aromatic heterocycles. The van der Waals surface area contributed by atoms with Gasteiger partial charge in [-0.05, 0) is 6.07 Å². The molecule has 3 rings (SSSR count). The summed E-state index contributed by atoms with van der Waals surface area (Å²) in [6.45, 7) is 0.244. The molecule has 0 aliphatic heterocycles. The Morgan fingerprint density at radius 2 is 2.29 bits per heavy atom. The van der Waals surface area contributed by atoms with Crippen LogP contribution in [0.1, 0.15) is 5.89 Å². The van der Waals surface area contributed by atoms with Gasteiger partial charge in [-0.1, -0.05) is 17.3 Å². The van der Waals surface area contributed by atoms with Crippen molar-refractivity contribution in [3.63, 3.8) is 0 Å². The molecule has 3 aromatic rings. The maximum atomic E-state index is 5.45. The average Bonchev–Trinajstić information content (AvgIpc) is 2.96. The largest absolute Gasteiger partial charge is 0.338 e. The van der Waals surface area contributed by atoms with Gasteiger partial charge in [-0.3, -0.25) is 4.68 Å². The summed E-state index contributed by atoms with van der Waals surface area (Å²) in [7, 11) is 1.88. The van der Waals surface area contributed by atoms with Crippen molar-refractivity contribution in [3.05, 3.63) is 30.3 Å². The quantitative estimate of drug-likeness (QED) is 0.711. The molecule has 2 heterocycles. The third-order valence-electron chi connectivity index (χ3n) is 2.64. The van der Waals surface area contributed by atoms with Gasteiger partial charge in [0, 0.05) is 18.0 Å². The fraction of sp³-hybridized carbons (Fsp3) is 0.182. The summed E-state index contributed by atoms with van der Waals surface area (Å²) < 4.78 is 6.81. The molecule has 0 saturated carbocycles. The predicted octanol–water partition coefficient (Wildman–Crippen LogP) is 1.08. The lowest BCUT2D eigenvalue weighted by Crippen LogP contribution is -1.96. The van der Waals surface area contributed by atoms with Crippen LogP contribution in [-0.2, 0) is 13.6 Å². The second-order valence-electron chi connectivity index (χ2n) is 3.73. The molecule has 2 N–H and O–H groups in total. The maximum Gasteiger partial charge on any atom is 0.240 e. The molecule has 0 radical (unpaired) electrons. The van der Waals surface area contributed by atoms with E-state index in [0.29, 0.717) is 11.7 Å². The van der Waals surface area contributed by atoms with Crippen LogP contribution in [0.3, 0.4) is 0 Å². The molecule has 1 aromatic carbocycles. The highest BCUT2D eigenvalue weighted by Gasteiger charge is 2.13. The Hall–Kier alpha value is -2.21. The van der Waals surface area contributed by atoms with Crippen LogP contribution in [0.4, 0.5) is 0 Å². The molecular formula is C11H11N5O. The van der Waals surface area contributed by atoms with E-state index in [4.69, 9.17) is 10.3 Å². The number of para-hydroxylation sites is 1. The van der Waals surface area contributed by atoms with Gasteiger partial charge in [-0.25, -0.2) is 0 Å². The highest BCUT2D eigenvalue weighted by Crippen LogP contribution is 2.25. The molecule has 6 nitrogen and oxygen atoms in total. The van der Waals surface area contributed by atoms with Crippen molar-refractivity contribution in [1.29, 1.82) is 0 Å². The molecule has 0 aliphatic rings. The van der Waals surface area contributed by atoms with Crippen molar-refractivity contribution in [2.75, 3.05) is 0 Å². The lowest BCUT2D eigenvalue weighted by atomic mass is 10.1. The topological polar surface area (TPSA) is 82.8 Å². The summed E-state index contributed by atoms with van der Waals surface area (Å²) in [6, 6.07) is 5.88. The van der Waals surface area contributed by atoms with Gasteiger partial charge in [0.15, 0.2) is 0 Å². The molecule has 0 amide bonds. The fourth-order valence-corrected chi connectivity index (χ4v) is 1.86. The maximum absolute atomic E-state index is 5.45. The number of fused-ring (bicyclic) bond motifs is 1. The van der Waals surface area contributed by atoms with E-state index in [1.165, 1.54) is 0 Å². The van der Waals surface area contributed by atoms with Crippen molar-refractivity contribution in [1.82, 2.24) is 19.9 Å². The molecule has 0 spiro atoms. The Morgan fingerprint density at radius 1 is 1.41 bits per heavy atom. The van der Waals surface area contributed by atoms with Crippen LogP contribution in [0.15, 0.2) is 28.9 Å². The first-order valence-corrected chi connectivity index (χ1v) is 5.23. The van der Waals surface area contributed by atoms with E-state index in [1.54, 1.807) is 4.68 Å². The zero-order valence-corrected chi connectivity index (χ0v) is 9.29. The summed E-state index contributed by atoms with van der Waals surface area (Å²) in [6.07, 6.45) is 1.81. The van der Waals surface area contributed by atoms with Crippen LogP contribution in [0.25, 0.3) is 22.3 Å². The van der Waals surface area contributed by atoms with E-state index >= 15 is 0 Å². The molecule has 0 bridgehead atoms. The van der Waals surface area contributed by atoms with Crippen LogP contribution in [0, 0.1) is 0 Å². The monoisotopic (exact) mass is 229 g/mol. The normalized spacial score (nSPS) is 11.2. The number of hydrogen-bond acceptors (Lipinski definition) is 5. The molecule has 6 heteroatoms. The zero-order valence-electron chi connectivity index (χ0n) is 9.29. The Labute approximate surface area is 97.0 Å². The van der Waals surface area contributed by atoms with Gasteiger partial charge in [-0.15, -0.1) is 0 Å². The van der Waals surface area contributed by atoms with E-state index in [1.807, 2.05) is 31.4 Å². The molecule has 0 atom stereocenters. The van der Waals surface area contributed by atoms with E-state index in [0.717, 1.165) is 16.5 Å². The number of nitrogens with two attached hydrogens (primary N) is 1. The second-order valence-corrected chi connectivity index (χ2v) is 3.73. The molecule has 0 unspecified atom stereocenters. The Balaban J connectivity index is 2.25. The van der Waals surface area contributed by atoms with Crippen LogP contribution >= 0.6 is 0 Å². The first-order chi connectivity index (χ1) is 8.29. The van der Waals surface area contributed by atoms with Gasteiger partial charge >= 0.3 is 0 Å². The highest BCUT2D eigenvalue weighted by atomic mass is 16.5. The van der Waals surface area contributed by atoms with Gasteiger partial charge in [0.25, 0.3) is 0 Å². The molecule has 0 fully saturated rings. The van der Waals surface area contributed by atoms with Gasteiger partial charge in [0.1, 0.15) is 0 Å². The van der Waals surface area contributed by atoms with Gasteiger partial charge in [0.2, 0.25) is 11.7 Å². The fourth-order valence-electron chi connectivity index (χ4n) is 1.86. The third-order valence-corrected chi connectivity index (χ3v) is 2.64. The number of rotatable bonds is 2. The van der Waals surface area contributed by atoms with Crippen molar-refractivity contribution in [2.24, 2.45) is 12.8 Å². The van der Waals surface area contributed by atoms with Gasteiger partial charge < -0.3 is 10.3 Å². The third kappa shape index (κ3) is 1.50. The average molecular weight is 229 g/mol. The van der Waals surface area contributed by atoms with Crippen LogP contribution in [0.2, 0.25) is 0 Å². The molecule has 17 heavy (non-hydrogen) atoms. The predicted molar refractivity (Wildman–Crippen MR) is 61.9 cm³/mol. The second kappa shape index (κ2) is 3.67. The Morgan fingerprint density at radius 3 is 3.06 bits per heavy atom. The van der Waals surface area contributed by atoms with Crippen LogP contribution in [-0.4, -0.2) is 19.9 Å². The summed E-state index contributed by atoms with van der Waals surface area (Å²) >= 11 is 0. The Kier molecular flexibility index (Phi) is 2.15. The first kappa shape index (κ1) is 9.98. The smallest absolute Gasteiger partial charge is 0.240 e. The lowest BCUT2D eigenvalue weighted by Gasteiger charge is -1.99. The Bertz CT molecular complexity index is 669. The summed E-state index contributed by atoms with van der Waals surface area (Å²) in [5.41, 5.74) is 7.33. The van der Waals surface area contributed by atoms with Crippen LogP contribution in [0.5, 0.6) is 0 Å². The summed E-state index contributed by atoms with van der Waals surface area (Å²) in [4.78, 5) is 4.23. The number of aryl methyl sites for hydroxylation is 1. The van der Waals surface area contributed by atoms with E-state index in [9.17, 15) is 0 Å². The molecular weight excluding hydrogens is 218 g/mol. The molecule has 0 saturated heterocycles. The van der Waals surface area contributed by atoms with E-state index < -0.39 is 0 Å². The van der Waals surface area contributed by atoms with E-state index in [2.05, 4.69) is 15.2 Å². The SMILES string of the molecule is Cn1ncc2cccc(-c3noc(CN)n3)c21. The summed E-state index contributed by atoms with van der Waals surface area (Å²) in [5.74, 6) is 0.971. The molecule has 86 valence electrons. The minimum absolute atomic E-state index is 0.244. The van der Waals surface area contributed by atoms with Crippen molar-refractivity contribution in [2.45, 2.75) is 6.54 Å². The van der Waals surface area contributed by atoms with Crippen molar-refractivity contribution in [3.8, 4) is 11.4 Å². The lowest BCUT2D eigenvalue weighted by molar-refractivity contribution is 0.380. The zero-order chi connectivity index (χ0) is 11.8. The van der Waals surface area contributed by atoms with Crippen molar-refractivity contribution < 1.29 is 4.52 Å². The number of benzene rings is 1. The van der Waals surface area contributed by atoms with Crippen LogP contribution < -0.4 is 5.73 Å². The highest BCUT2D eigenvalue weighted by molar-refractivity contribution is 5.91. The number of aromatic nitrogens is 4. The minimum Gasteiger partial charge on any atom is -0.338 e. The van der Waals surface area contributed by atoms with Gasteiger partial charge in [0.05, 0.1) is 18.3 Å².